The van der Waals surface area contributed by atoms with E-state index in [-0.39, 0.29) is 24.9 Å². The minimum absolute atomic E-state index is 0.0376. The summed E-state index contributed by atoms with van der Waals surface area (Å²) in [4.78, 5) is 24.4. The Bertz CT molecular complexity index is 472. The van der Waals surface area contributed by atoms with Crippen LogP contribution in [0, 0.1) is 6.92 Å². The molecule has 2 N–H and O–H groups in total. The zero-order chi connectivity index (χ0) is 15.1. The number of anilines is 1. The van der Waals surface area contributed by atoms with Gasteiger partial charge in [0.25, 0.3) is 0 Å². The quantitative estimate of drug-likeness (QED) is 0.801. The van der Waals surface area contributed by atoms with Gasteiger partial charge in [-0.15, -0.1) is 0 Å². The van der Waals surface area contributed by atoms with E-state index in [1.165, 1.54) is 0 Å². The van der Waals surface area contributed by atoms with Crippen LogP contribution in [-0.4, -0.2) is 41.0 Å². The topological polar surface area (TPSA) is 69.6 Å². The number of nitrogens with one attached hydrogen (secondary N) is 1. The second-order valence-electron chi connectivity index (χ2n) is 5.13. The van der Waals surface area contributed by atoms with Gasteiger partial charge < -0.3 is 10.4 Å². The lowest BCUT2D eigenvalue weighted by Gasteiger charge is -2.25. The normalized spacial score (nSPS) is 10.8. The first-order chi connectivity index (χ1) is 9.38. The number of rotatable bonds is 7. The third-order valence-corrected chi connectivity index (χ3v) is 2.99. The number of benzene rings is 1. The van der Waals surface area contributed by atoms with E-state index in [0.29, 0.717) is 6.54 Å². The maximum absolute atomic E-state index is 12.0. The van der Waals surface area contributed by atoms with E-state index < -0.39 is 5.97 Å². The molecule has 110 valence electrons. The van der Waals surface area contributed by atoms with E-state index in [0.717, 1.165) is 11.3 Å². The maximum atomic E-state index is 12.0. The summed E-state index contributed by atoms with van der Waals surface area (Å²) in [5.41, 5.74) is 1.84. The summed E-state index contributed by atoms with van der Waals surface area (Å²) < 4.78 is 0. The lowest BCUT2D eigenvalue weighted by molar-refractivity contribution is -0.137. The predicted molar refractivity (Wildman–Crippen MR) is 78.8 cm³/mol. The molecule has 0 radical (unpaired) electrons. The fourth-order valence-corrected chi connectivity index (χ4v) is 1.87. The summed E-state index contributed by atoms with van der Waals surface area (Å²) in [6.07, 6.45) is 0.0376. The fourth-order valence-electron chi connectivity index (χ4n) is 1.87. The lowest BCUT2D eigenvalue weighted by atomic mass is 10.2. The molecule has 1 aromatic rings. The average molecular weight is 278 g/mol. The van der Waals surface area contributed by atoms with Crippen LogP contribution in [-0.2, 0) is 9.59 Å². The number of hydrogen-bond acceptors (Lipinski definition) is 3. The summed E-state index contributed by atoms with van der Waals surface area (Å²) >= 11 is 0. The smallest absolute Gasteiger partial charge is 0.304 e. The highest BCUT2D eigenvalue weighted by Crippen LogP contribution is 2.10. The molecule has 0 fully saturated rings. The summed E-state index contributed by atoms with van der Waals surface area (Å²) in [7, 11) is 0. The summed E-state index contributed by atoms with van der Waals surface area (Å²) in [5.74, 6) is -0.982. The second-order valence-corrected chi connectivity index (χ2v) is 5.13. The van der Waals surface area contributed by atoms with Crippen LogP contribution in [0.25, 0.3) is 0 Å². The van der Waals surface area contributed by atoms with Crippen molar-refractivity contribution in [3.05, 3.63) is 29.8 Å². The van der Waals surface area contributed by atoms with E-state index in [1.807, 2.05) is 49.9 Å². The molecule has 0 aliphatic carbocycles. The summed E-state index contributed by atoms with van der Waals surface area (Å²) in [5, 5.41) is 11.5. The molecule has 0 bridgehead atoms. The maximum Gasteiger partial charge on any atom is 0.304 e. The van der Waals surface area contributed by atoms with Gasteiger partial charge in [-0.1, -0.05) is 12.1 Å². The van der Waals surface area contributed by atoms with E-state index >= 15 is 0 Å². The van der Waals surface area contributed by atoms with Gasteiger partial charge >= 0.3 is 5.97 Å². The van der Waals surface area contributed by atoms with Gasteiger partial charge in [0.05, 0.1) is 13.0 Å². The molecular formula is C15H22N2O3. The zero-order valence-electron chi connectivity index (χ0n) is 12.2. The highest BCUT2D eigenvalue weighted by molar-refractivity contribution is 5.92. The highest BCUT2D eigenvalue weighted by atomic mass is 16.4. The number of carboxylic acids is 1. The van der Waals surface area contributed by atoms with Crippen LogP contribution >= 0.6 is 0 Å². The van der Waals surface area contributed by atoms with Crippen LogP contribution in [0.2, 0.25) is 0 Å². The van der Waals surface area contributed by atoms with Crippen molar-refractivity contribution in [3.8, 4) is 0 Å². The number of carboxylic acid groups (broad SMARTS) is 1. The molecule has 5 heteroatoms. The molecule has 5 nitrogen and oxygen atoms in total. The summed E-state index contributed by atoms with van der Waals surface area (Å²) in [6.45, 7) is 6.42. The van der Waals surface area contributed by atoms with Gasteiger partial charge in [0.15, 0.2) is 0 Å². The number of amides is 1. The molecule has 0 aliphatic rings. The van der Waals surface area contributed by atoms with Crippen molar-refractivity contribution in [2.75, 3.05) is 18.4 Å². The fraction of sp³-hybridized carbons (Fsp3) is 0.467. The molecule has 1 rings (SSSR count). The number of hydrogen-bond donors (Lipinski definition) is 2. The SMILES string of the molecule is Cc1cccc(NC(=O)CN(CCC(=O)O)C(C)C)c1. The monoisotopic (exact) mass is 278 g/mol. The molecule has 0 unspecified atom stereocenters. The van der Waals surface area contributed by atoms with Gasteiger partial charge in [-0.05, 0) is 38.5 Å². The lowest BCUT2D eigenvalue weighted by Crippen LogP contribution is -2.39. The van der Waals surface area contributed by atoms with Crippen molar-refractivity contribution in [1.82, 2.24) is 4.90 Å². The Kier molecular flexibility index (Phi) is 6.18. The van der Waals surface area contributed by atoms with Crippen LogP contribution in [0.1, 0.15) is 25.8 Å². The first-order valence-electron chi connectivity index (χ1n) is 6.71. The Morgan fingerprint density at radius 2 is 2.05 bits per heavy atom. The van der Waals surface area contributed by atoms with Gasteiger partial charge in [0, 0.05) is 18.3 Å². The standard InChI is InChI=1S/C15H22N2O3/c1-11(2)17(8-7-15(19)20)10-14(18)16-13-6-4-5-12(3)9-13/h4-6,9,11H,7-8,10H2,1-3H3,(H,16,18)(H,19,20). The van der Waals surface area contributed by atoms with Crippen LogP contribution in [0.4, 0.5) is 5.69 Å². The van der Waals surface area contributed by atoms with Crippen molar-refractivity contribution in [2.24, 2.45) is 0 Å². The Balaban J connectivity index is 2.55. The van der Waals surface area contributed by atoms with Gasteiger partial charge in [0.2, 0.25) is 5.91 Å². The van der Waals surface area contributed by atoms with Crippen molar-refractivity contribution in [1.29, 1.82) is 0 Å². The molecule has 0 aromatic heterocycles. The van der Waals surface area contributed by atoms with E-state index in [2.05, 4.69) is 5.32 Å². The van der Waals surface area contributed by atoms with Gasteiger partial charge in [-0.3, -0.25) is 14.5 Å². The number of carbonyl (C=O) groups excluding carboxylic acids is 1. The van der Waals surface area contributed by atoms with Crippen LogP contribution in [0.15, 0.2) is 24.3 Å². The predicted octanol–water partition coefficient (Wildman–Crippen LogP) is 2.12. The van der Waals surface area contributed by atoms with E-state index in [4.69, 9.17) is 5.11 Å². The molecule has 0 saturated heterocycles. The molecular weight excluding hydrogens is 256 g/mol. The molecule has 0 aliphatic heterocycles. The molecule has 0 saturated carbocycles. The molecule has 0 atom stereocenters. The Hall–Kier alpha value is -1.88. The second kappa shape index (κ2) is 7.65. The van der Waals surface area contributed by atoms with Crippen molar-refractivity contribution < 1.29 is 14.7 Å². The van der Waals surface area contributed by atoms with Crippen LogP contribution in [0.5, 0.6) is 0 Å². The number of aliphatic carboxylic acids is 1. The van der Waals surface area contributed by atoms with Gasteiger partial charge in [0.1, 0.15) is 0 Å². The first kappa shape index (κ1) is 16.2. The largest absolute Gasteiger partial charge is 0.481 e. The first-order valence-corrected chi connectivity index (χ1v) is 6.71. The van der Waals surface area contributed by atoms with Gasteiger partial charge in [-0.25, -0.2) is 0 Å². The third kappa shape index (κ3) is 5.84. The minimum atomic E-state index is -0.852. The van der Waals surface area contributed by atoms with Crippen molar-refractivity contribution in [2.45, 2.75) is 33.2 Å². The number of nitrogens with zero attached hydrogens (tertiary/aromatic N) is 1. The number of carbonyl (C=O) groups is 2. The van der Waals surface area contributed by atoms with Crippen LogP contribution in [0.3, 0.4) is 0 Å². The van der Waals surface area contributed by atoms with E-state index in [1.54, 1.807) is 0 Å². The summed E-state index contributed by atoms with van der Waals surface area (Å²) in [6, 6.07) is 7.70. The number of aryl methyl sites for hydroxylation is 1. The molecule has 1 aromatic carbocycles. The van der Waals surface area contributed by atoms with Crippen molar-refractivity contribution >= 4 is 17.6 Å². The molecule has 0 heterocycles. The third-order valence-electron chi connectivity index (χ3n) is 2.99. The zero-order valence-corrected chi connectivity index (χ0v) is 12.2. The molecule has 1 amide bonds. The Morgan fingerprint density at radius 3 is 2.60 bits per heavy atom. The van der Waals surface area contributed by atoms with Crippen LogP contribution < -0.4 is 5.32 Å². The Morgan fingerprint density at radius 1 is 1.35 bits per heavy atom. The average Bonchev–Trinajstić information content (AvgIpc) is 2.33. The Labute approximate surface area is 119 Å². The van der Waals surface area contributed by atoms with Crippen molar-refractivity contribution in [3.63, 3.8) is 0 Å². The molecule has 20 heavy (non-hydrogen) atoms. The minimum Gasteiger partial charge on any atom is -0.481 e. The molecule has 0 spiro atoms. The highest BCUT2D eigenvalue weighted by Gasteiger charge is 2.15. The van der Waals surface area contributed by atoms with Gasteiger partial charge in [-0.2, -0.15) is 0 Å². The van der Waals surface area contributed by atoms with E-state index in [9.17, 15) is 9.59 Å².